The van der Waals surface area contributed by atoms with Crippen LogP contribution in [0, 0.1) is 11.3 Å². The molecule has 23 heavy (non-hydrogen) atoms. The SMILES string of the molecule is N=C(c1ccccn1)[C@H]1CC1(c1ccccc1)c1ccccc1. The van der Waals surface area contributed by atoms with E-state index in [4.69, 9.17) is 5.41 Å². The van der Waals surface area contributed by atoms with Gasteiger partial charge in [0.15, 0.2) is 0 Å². The lowest BCUT2D eigenvalue weighted by Crippen LogP contribution is -2.18. The highest BCUT2D eigenvalue weighted by molar-refractivity contribution is 6.02. The first-order valence-electron chi connectivity index (χ1n) is 7.93. The number of pyridine rings is 1. The number of benzene rings is 2. The fraction of sp³-hybridized carbons (Fsp3) is 0.143. The summed E-state index contributed by atoms with van der Waals surface area (Å²) in [6.45, 7) is 0. The molecule has 1 N–H and O–H groups in total. The highest BCUT2D eigenvalue weighted by atomic mass is 14.7. The minimum absolute atomic E-state index is 0.0862. The first-order chi connectivity index (χ1) is 11.3. The average molecular weight is 298 g/mol. The van der Waals surface area contributed by atoms with Crippen LogP contribution in [-0.4, -0.2) is 10.7 Å². The van der Waals surface area contributed by atoms with E-state index in [0.717, 1.165) is 12.1 Å². The second kappa shape index (κ2) is 5.47. The van der Waals surface area contributed by atoms with Crippen LogP contribution < -0.4 is 0 Å². The Bertz CT molecular complexity index is 771. The normalized spacial score (nSPS) is 18.3. The van der Waals surface area contributed by atoms with Crippen LogP contribution in [0.4, 0.5) is 0 Å². The van der Waals surface area contributed by atoms with Gasteiger partial charge in [0.2, 0.25) is 0 Å². The molecule has 1 saturated carbocycles. The summed E-state index contributed by atoms with van der Waals surface area (Å²) >= 11 is 0. The zero-order chi connectivity index (χ0) is 15.7. The molecule has 4 rings (SSSR count). The molecule has 0 aliphatic heterocycles. The zero-order valence-corrected chi connectivity index (χ0v) is 12.8. The van der Waals surface area contributed by atoms with Crippen LogP contribution in [-0.2, 0) is 5.41 Å². The lowest BCUT2D eigenvalue weighted by atomic mass is 9.84. The molecule has 112 valence electrons. The van der Waals surface area contributed by atoms with Crippen LogP contribution in [0.15, 0.2) is 85.1 Å². The summed E-state index contributed by atoms with van der Waals surface area (Å²) in [4.78, 5) is 4.37. The maximum atomic E-state index is 8.64. The van der Waals surface area contributed by atoms with Gasteiger partial charge in [-0.2, -0.15) is 0 Å². The van der Waals surface area contributed by atoms with Gasteiger partial charge in [-0.1, -0.05) is 66.7 Å². The molecule has 3 aromatic rings. The molecule has 1 aliphatic rings. The third-order valence-electron chi connectivity index (χ3n) is 4.83. The standard InChI is InChI=1S/C21H18N2/c22-20(19-13-7-8-14-23-19)18-15-21(18,16-9-3-1-4-10-16)17-11-5-2-6-12-17/h1-14,18,22H,15H2/t18-/m1/s1. The van der Waals surface area contributed by atoms with E-state index in [0.29, 0.717) is 5.71 Å². The Labute approximate surface area is 136 Å². The lowest BCUT2D eigenvalue weighted by molar-refractivity contribution is 0.804. The van der Waals surface area contributed by atoms with Gasteiger partial charge < -0.3 is 5.41 Å². The molecule has 1 aromatic heterocycles. The first-order valence-corrected chi connectivity index (χ1v) is 7.93. The Hall–Kier alpha value is -2.74. The summed E-state index contributed by atoms with van der Waals surface area (Å²) in [7, 11) is 0. The molecule has 0 spiro atoms. The highest BCUT2D eigenvalue weighted by Crippen LogP contribution is 2.59. The molecule has 2 nitrogen and oxygen atoms in total. The molecular weight excluding hydrogens is 280 g/mol. The number of nitrogens with zero attached hydrogens (tertiary/aromatic N) is 1. The molecule has 1 heterocycles. The van der Waals surface area contributed by atoms with E-state index in [9.17, 15) is 0 Å². The topological polar surface area (TPSA) is 36.7 Å². The minimum Gasteiger partial charge on any atom is -0.303 e. The monoisotopic (exact) mass is 298 g/mol. The van der Waals surface area contributed by atoms with E-state index < -0.39 is 0 Å². The van der Waals surface area contributed by atoms with Crippen molar-refractivity contribution in [2.45, 2.75) is 11.8 Å². The van der Waals surface area contributed by atoms with Crippen LogP contribution in [0.25, 0.3) is 0 Å². The molecule has 0 unspecified atom stereocenters. The third-order valence-corrected chi connectivity index (χ3v) is 4.83. The summed E-state index contributed by atoms with van der Waals surface area (Å²) in [6, 6.07) is 26.9. The van der Waals surface area contributed by atoms with Crippen molar-refractivity contribution in [2.75, 3.05) is 0 Å². The summed E-state index contributed by atoms with van der Waals surface area (Å²) in [6.07, 6.45) is 2.73. The van der Waals surface area contributed by atoms with Gasteiger partial charge in [0, 0.05) is 17.5 Å². The Morgan fingerprint density at radius 1 is 0.826 bits per heavy atom. The van der Waals surface area contributed by atoms with E-state index >= 15 is 0 Å². The maximum absolute atomic E-state index is 8.64. The summed E-state index contributed by atoms with van der Waals surface area (Å²) in [5.74, 6) is 0.183. The van der Waals surface area contributed by atoms with E-state index in [1.165, 1.54) is 11.1 Å². The molecule has 1 fully saturated rings. The van der Waals surface area contributed by atoms with Crippen molar-refractivity contribution in [1.82, 2.24) is 4.98 Å². The molecule has 2 aromatic carbocycles. The highest BCUT2D eigenvalue weighted by Gasteiger charge is 2.58. The second-order valence-corrected chi connectivity index (χ2v) is 6.09. The van der Waals surface area contributed by atoms with Gasteiger partial charge in [-0.15, -0.1) is 0 Å². The van der Waals surface area contributed by atoms with Crippen molar-refractivity contribution < 1.29 is 0 Å². The minimum atomic E-state index is -0.0862. The van der Waals surface area contributed by atoms with Crippen molar-refractivity contribution in [3.05, 3.63) is 102 Å². The summed E-state index contributed by atoms with van der Waals surface area (Å²) in [5, 5.41) is 8.64. The van der Waals surface area contributed by atoms with Crippen LogP contribution in [0.2, 0.25) is 0 Å². The lowest BCUT2D eigenvalue weighted by Gasteiger charge is -2.19. The van der Waals surface area contributed by atoms with Gasteiger partial charge in [-0.3, -0.25) is 4.98 Å². The predicted octanol–water partition coefficient (Wildman–Crippen LogP) is 4.46. The van der Waals surface area contributed by atoms with Crippen molar-refractivity contribution in [2.24, 2.45) is 5.92 Å². The molecule has 0 amide bonds. The Balaban J connectivity index is 1.77. The molecule has 0 radical (unpaired) electrons. The smallest absolute Gasteiger partial charge is 0.0840 e. The fourth-order valence-electron chi connectivity index (χ4n) is 3.59. The van der Waals surface area contributed by atoms with Crippen molar-refractivity contribution in [1.29, 1.82) is 5.41 Å². The largest absolute Gasteiger partial charge is 0.303 e. The Morgan fingerprint density at radius 2 is 1.39 bits per heavy atom. The molecule has 0 saturated heterocycles. The molecule has 2 heteroatoms. The molecular formula is C21H18N2. The second-order valence-electron chi connectivity index (χ2n) is 6.09. The van der Waals surface area contributed by atoms with Crippen molar-refractivity contribution in [3.8, 4) is 0 Å². The summed E-state index contributed by atoms with van der Waals surface area (Å²) in [5.41, 5.74) is 3.91. The van der Waals surface area contributed by atoms with Crippen LogP contribution in [0.3, 0.4) is 0 Å². The van der Waals surface area contributed by atoms with Crippen LogP contribution >= 0.6 is 0 Å². The number of rotatable bonds is 4. The molecule has 1 atom stereocenters. The van der Waals surface area contributed by atoms with E-state index in [-0.39, 0.29) is 11.3 Å². The van der Waals surface area contributed by atoms with E-state index in [2.05, 4.69) is 53.5 Å². The Kier molecular flexibility index (Phi) is 3.30. The summed E-state index contributed by atoms with van der Waals surface area (Å²) < 4.78 is 0. The van der Waals surface area contributed by atoms with Gasteiger partial charge in [0.05, 0.1) is 11.4 Å². The fourth-order valence-corrected chi connectivity index (χ4v) is 3.59. The zero-order valence-electron chi connectivity index (χ0n) is 12.8. The maximum Gasteiger partial charge on any atom is 0.0840 e. The van der Waals surface area contributed by atoms with Gasteiger partial charge in [-0.25, -0.2) is 0 Å². The van der Waals surface area contributed by atoms with E-state index in [1.807, 2.05) is 30.3 Å². The van der Waals surface area contributed by atoms with Gasteiger partial charge in [0.25, 0.3) is 0 Å². The van der Waals surface area contributed by atoms with E-state index in [1.54, 1.807) is 6.20 Å². The first kappa shape index (κ1) is 13.9. The van der Waals surface area contributed by atoms with Gasteiger partial charge in [-0.05, 0) is 29.7 Å². The van der Waals surface area contributed by atoms with Crippen LogP contribution in [0.1, 0.15) is 23.2 Å². The van der Waals surface area contributed by atoms with Crippen molar-refractivity contribution >= 4 is 5.71 Å². The third kappa shape index (κ3) is 2.27. The van der Waals surface area contributed by atoms with Crippen molar-refractivity contribution in [3.63, 3.8) is 0 Å². The van der Waals surface area contributed by atoms with Crippen LogP contribution in [0.5, 0.6) is 0 Å². The van der Waals surface area contributed by atoms with Gasteiger partial charge in [0.1, 0.15) is 0 Å². The number of nitrogens with one attached hydrogen (secondary N) is 1. The van der Waals surface area contributed by atoms with Gasteiger partial charge >= 0.3 is 0 Å². The number of hydrogen-bond donors (Lipinski definition) is 1. The number of hydrogen-bond acceptors (Lipinski definition) is 2. The quantitative estimate of drug-likeness (QED) is 0.710. The predicted molar refractivity (Wildman–Crippen MR) is 92.8 cm³/mol. The Morgan fingerprint density at radius 3 is 1.91 bits per heavy atom. The number of aromatic nitrogens is 1. The molecule has 1 aliphatic carbocycles. The molecule has 0 bridgehead atoms. The average Bonchev–Trinajstić information content (AvgIpc) is 3.40.